The van der Waals surface area contributed by atoms with Crippen LogP contribution in [0, 0.1) is 18.7 Å². The average Bonchev–Trinajstić information content (AvgIpc) is 2.71. The lowest BCUT2D eigenvalue weighted by molar-refractivity contribution is 0.262. The average molecular weight is 263 g/mol. The smallest absolute Gasteiger partial charge is 0.167 e. The zero-order valence-corrected chi connectivity index (χ0v) is 11.4. The van der Waals surface area contributed by atoms with Gasteiger partial charge in [0.1, 0.15) is 12.4 Å². The second-order valence-electron chi connectivity index (χ2n) is 5.09. The number of rotatable bonds is 4. The van der Waals surface area contributed by atoms with Gasteiger partial charge in [-0.05, 0) is 30.5 Å². The van der Waals surface area contributed by atoms with Crippen molar-refractivity contribution in [3.05, 3.63) is 35.4 Å². The van der Waals surface area contributed by atoms with Crippen LogP contribution in [-0.2, 0) is 13.2 Å². The van der Waals surface area contributed by atoms with E-state index in [1.165, 1.54) is 6.07 Å². The molecule has 1 aromatic carbocycles. The minimum atomic E-state index is -0.318. The van der Waals surface area contributed by atoms with Crippen molar-refractivity contribution in [3.8, 4) is 11.4 Å². The largest absolute Gasteiger partial charge is 0.388 e. The minimum Gasteiger partial charge on any atom is -0.388 e. The monoisotopic (exact) mass is 263 g/mol. The summed E-state index contributed by atoms with van der Waals surface area (Å²) >= 11 is 0. The molecule has 0 atom stereocenters. The molecular formula is C14H18FN3O. The standard InChI is InChI=1S/C14H18FN3O/c1-9(2)7-18-13(8-19)16-17-14(18)11-5-4-10(3)6-12(11)15/h4-6,9,19H,7-8H2,1-3H3. The third-order valence-corrected chi connectivity index (χ3v) is 2.88. The molecule has 102 valence electrons. The first-order valence-corrected chi connectivity index (χ1v) is 6.32. The molecule has 0 aliphatic carbocycles. The van der Waals surface area contributed by atoms with Crippen LogP contribution in [0.3, 0.4) is 0 Å². The molecule has 2 aromatic rings. The molecule has 0 bridgehead atoms. The fraction of sp³-hybridized carbons (Fsp3) is 0.429. The molecule has 0 amide bonds. The second kappa shape index (κ2) is 5.48. The number of benzene rings is 1. The summed E-state index contributed by atoms with van der Waals surface area (Å²) in [6.45, 7) is 6.39. The summed E-state index contributed by atoms with van der Waals surface area (Å²) in [5, 5.41) is 17.2. The Bertz CT molecular complexity index is 578. The van der Waals surface area contributed by atoms with Crippen LogP contribution in [0.2, 0.25) is 0 Å². The molecule has 4 nitrogen and oxygen atoms in total. The van der Waals surface area contributed by atoms with Crippen molar-refractivity contribution in [2.75, 3.05) is 0 Å². The first kappa shape index (κ1) is 13.7. The van der Waals surface area contributed by atoms with E-state index in [2.05, 4.69) is 24.0 Å². The van der Waals surface area contributed by atoms with Gasteiger partial charge in [-0.3, -0.25) is 0 Å². The molecule has 1 N–H and O–H groups in total. The topological polar surface area (TPSA) is 50.9 Å². The maximum absolute atomic E-state index is 14.0. The van der Waals surface area contributed by atoms with Crippen LogP contribution in [0.4, 0.5) is 4.39 Å². The van der Waals surface area contributed by atoms with Gasteiger partial charge in [-0.15, -0.1) is 10.2 Å². The summed E-state index contributed by atoms with van der Waals surface area (Å²) in [5.41, 5.74) is 1.28. The maximum Gasteiger partial charge on any atom is 0.167 e. The van der Waals surface area contributed by atoms with Crippen molar-refractivity contribution >= 4 is 0 Å². The van der Waals surface area contributed by atoms with Gasteiger partial charge in [0.25, 0.3) is 0 Å². The van der Waals surface area contributed by atoms with Crippen LogP contribution < -0.4 is 0 Å². The minimum absolute atomic E-state index is 0.201. The van der Waals surface area contributed by atoms with Gasteiger partial charge in [-0.1, -0.05) is 19.9 Å². The SMILES string of the molecule is Cc1ccc(-c2nnc(CO)n2CC(C)C)c(F)c1. The summed E-state index contributed by atoms with van der Waals surface area (Å²) in [4.78, 5) is 0. The number of hydrogen-bond acceptors (Lipinski definition) is 3. The Labute approximate surface area is 111 Å². The fourth-order valence-corrected chi connectivity index (χ4v) is 2.01. The first-order chi connectivity index (χ1) is 9.02. The van der Waals surface area contributed by atoms with E-state index in [1.807, 2.05) is 13.0 Å². The molecule has 0 aliphatic rings. The molecule has 1 aromatic heterocycles. The van der Waals surface area contributed by atoms with Crippen molar-refractivity contribution in [3.63, 3.8) is 0 Å². The molecule has 19 heavy (non-hydrogen) atoms. The normalized spacial score (nSPS) is 11.3. The van der Waals surface area contributed by atoms with E-state index in [1.54, 1.807) is 10.6 Å². The van der Waals surface area contributed by atoms with Gasteiger partial charge >= 0.3 is 0 Å². The van der Waals surface area contributed by atoms with Gasteiger partial charge in [0.15, 0.2) is 11.6 Å². The lowest BCUT2D eigenvalue weighted by atomic mass is 10.1. The highest BCUT2D eigenvalue weighted by molar-refractivity contribution is 5.57. The van der Waals surface area contributed by atoms with E-state index >= 15 is 0 Å². The van der Waals surface area contributed by atoms with E-state index in [0.29, 0.717) is 29.7 Å². The Kier molecular flexibility index (Phi) is 3.95. The third-order valence-electron chi connectivity index (χ3n) is 2.88. The van der Waals surface area contributed by atoms with Gasteiger partial charge in [0.05, 0.1) is 5.56 Å². The lowest BCUT2D eigenvalue weighted by Crippen LogP contribution is -2.10. The van der Waals surface area contributed by atoms with Crippen molar-refractivity contribution in [1.82, 2.24) is 14.8 Å². The third kappa shape index (κ3) is 2.81. The van der Waals surface area contributed by atoms with E-state index < -0.39 is 0 Å². The molecule has 0 spiro atoms. The number of halogens is 1. The van der Waals surface area contributed by atoms with E-state index in [0.717, 1.165) is 5.56 Å². The number of aliphatic hydroxyl groups excluding tert-OH is 1. The van der Waals surface area contributed by atoms with Crippen LogP contribution >= 0.6 is 0 Å². The Morgan fingerprint density at radius 1 is 1.32 bits per heavy atom. The van der Waals surface area contributed by atoms with Gasteiger partial charge in [0, 0.05) is 6.54 Å². The predicted octanol–water partition coefficient (Wildman–Crippen LogP) is 2.54. The summed E-state index contributed by atoms with van der Waals surface area (Å²) in [6.07, 6.45) is 0. The molecule has 0 saturated carbocycles. The molecular weight excluding hydrogens is 245 g/mol. The maximum atomic E-state index is 14.0. The van der Waals surface area contributed by atoms with Crippen LogP contribution in [0.5, 0.6) is 0 Å². The van der Waals surface area contributed by atoms with Gasteiger partial charge in [0.2, 0.25) is 0 Å². The van der Waals surface area contributed by atoms with Crippen LogP contribution in [0.25, 0.3) is 11.4 Å². The van der Waals surface area contributed by atoms with Crippen molar-refractivity contribution < 1.29 is 9.50 Å². The molecule has 5 heteroatoms. The van der Waals surface area contributed by atoms with Gasteiger partial charge in [-0.2, -0.15) is 0 Å². The van der Waals surface area contributed by atoms with Gasteiger partial charge < -0.3 is 9.67 Å². The zero-order valence-electron chi connectivity index (χ0n) is 11.4. The first-order valence-electron chi connectivity index (χ1n) is 6.32. The fourth-order valence-electron chi connectivity index (χ4n) is 2.01. The Hall–Kier alpha value is -1.75. The molecule has 0 unspecified atom stereocenters. The summed E-state index contributed by atoms with van der Waals surface area (Å²) in [6, 6.07) is 5.01. The van der Waals surface area contributed by atoms with E-state index in [-0.39, 0.29) is 12.4 Å². The summed E-state index contributed by atoms with van der Waals surface area (Å²) in [5.74, 6) is 0.967. The molecule has 0 aliphatic heterocycles. The van der Waals surface area contributed by atoms with E-state index in [9.17, 15) is 9.50 Å². The van der Waals surface area contributed by atoms with Gasteiger partial charge in [-0.25, -0.2) is 4.39 Å². The zero-order chi connectivity index (χ0) is 14.0. The summed E-state index contributed by atoms with van der Waals surface area (Å²) < 4.78 is 15.8. The highest BCUT2D eigenvalue weighted by atomic mass is 19.1. The summed E-state index contributed by atoms with van der Waals surface area (Å²) in [7, 11) is 0. The quantitative estimate of drug-likeness (QED) is 0.922. The van der Waals surface area contributed by atoms with Crippen LogP contribution in [0.15, 0.2) is 18.2 Å². The predicted molar refractivity (Wildman–Crippen MR) is 70.9 cm³/mol. The number of aromatic nitrogens is 3. The van der Waals surface area contributed by atoms with E-state index in [4.69, 9.17) is 0 Å². The Morgan fingerprint density at radius 2 is 2.05 bits per heavy atom. The molecule has 0 radical (unpaired) electrons. The van der Waals surface area contributed by atoms with Crippen molar-refractivity contribution in [2.24, 2.45) is 5.92 Å². The molecule has 1 heterocycles. The second-order valence-corrected chi connectivity index (χ2v) is 5.09. The number of hydrogen-bond donors (Lipinski definition) is 1. The Morgan fingerprint density at radius 3 is 2.63 bits per heavy atom. The highest BCUT2D eigenvalue weighted by Crippen LogP contribution is 2.23. The highest BCUT2D eigenvalue weighted by Gasteiger charge is 2.17. The molecule has 2 rings (SSSR count). The van der Waals surface area contributed by atoms with Crippen LogP contribution in [0.1, 0.15) is 25.2 Å². The molecule has 0 saturated heterocycles. The number of aliphatic hydroxyl groups is 1. The van der Waals surface area contributed by atoms with Crippen molar-refractivity contribution in [1.29, 1.82) is 0 Å². The number of aryl methyl sites for hydroxylation is 1. The lowest BCUT2D eigenvalue weighted by Gasteiger charge is -2.12. The number of nitrogens with zero attached hydrogens (tertiary/aromatic N) is 3. The van der Waals surface area contributed by atoms with Crippen LogP contribution in [-0.4, -0.2) is 19.9 Å². The Balaban J connectivity index is 2.52. The molecule has 0 fully saturated rings. The van der Waals surface area contributed by atoms with Crippen molar-refractivity contribution in [2.45, 2.75) is 33.9 Å².